The summed E-state index contributed by atoms with van der Waals surface area (Å²) in [6.07, 6.45) is 1.40. The van der Waals surface area contributed by atoms with Crippen LogP contribution in [-0.4, -0.2) is 57.7 Å². The molecule has 0 atom stereocenters. The van der Waals surface area contributed by atoms with E-state index in [1.54, 1.807) is 6.07 Å². The average molecular weight is 486 g/mol. The average Bonchev–Trinajstić information content (AvgIpc) is 2.78. The molecule has 4 rings (SSSR count). The Hall–Kier alpha value is -3.44. The Balaban J connectivity index is 1.58. The van der Waals surface area contributed by atoms with Crippen molar-refractivity contribution >= 4 is 45.7 Å². The van der Waals surface area contributed by atoms with Gasteiger partial charge in [-0.05, 0) is 34.1 Å². The van der Waals surface area contributed by atoms with Gasteiger partial charge in [0, 0.05) is 30.4 Å². The van der Waals surface area contributed by atoms with Crippen LogP contribution in [0.4, 0.5) is 23.5 Å². The summed E-state index contributed by atoms with van der Waals surface area (Å²) >= 11 is 3.21. The molecule has 1 fully saturated rings. The van der Waals surface area contributed by atoms with E-state index in [-0.39, 0.29) is 17.4 Å². The number of hydrogen-bond donors (Lipinski definition) is 4. The number of phenols is 2. The molecule has 1 saturated heterocycles. The third kappa shape index (κ3) is 5.38. The molecule has 0 amide bonds. The molecule has 0 unspecified atom stereocenters. The summed E-state index contributed by atoms with van der Waals surface area (Å²) in [5, 5.41) is 26.9. The molecule has 1 aromatic heterocycles. The highest BCUT2D eigenvalue weighted by Gasteiger charge is 2.16. The fraction of sp³-hybridized carbons (Fsp3) is 0.200. The van der Waals surface area contributed by atoms with Crippen molar-refractivity contribution in [1.82, 2.24) is 15.0 Å². The summed E-state index contributed by atoms with van der Waals surface area (Å²) in [6, 6.07) is 12.4. The number of morpholine rings is 1. The first-order valence-electron chi connectivity index (χ1n) is 9.50. The number of ether oxygens (including phenoxy) is 1. The van der Waals surface area contributed by atoms with Gasteiger partial charge in [-0.1, -0.05) is 18.2 Å². The largest absolute Gasteiger partial charge is 0.507 e. The fourth-order valence-electron chi connectivity index (χ4n) is 2.86. The third-order valence-electron chi connectivity index (χ3n) is 4.41. The van der Waals surface area contributed by atoms with Crippen molar-refractivity contribution in [1.29, 1.82) is 0 Å². The number of nitrogens with zero attached hydrogens (tertiary/aromatic N) is 5. The van der Waals surface area contributed by atoms with E-state index in [9.17, 15) is 10.2 Å². The maximum atomic E-state index is 9.97. The second kappa shape index (κ2) is 9.58. The number of benzene rings is 2. The maximum absolute atomic E-state index is 9.97. The van der Waals surface area contributed by atoms with Crippen LogP contribution in [0.5, 0.6) is 11.5 Å². The molecular weight excluding hydrogens is 466 g/mol. The number of aromatic hydroxyl groups is 2. The van der Waals surface area contributed by atoms with Crippen molar-refractivity contribution in [2.45, 2.75) is 0 Å². The van der Waals surface area contributed by atoms with Gasteiger partial charge in [0.1, 0.15) is 11.5 Å². The van der Waals surface area contributed by atoms with Crippen LogP contribution in [0.15, 0.2) is 52.0 Å². The minimum Gasteiger partial charge on any atom is -0.507 e. The van der Waals surface area contributed by atoms with E-state index in [1.807, 2.05) is 35.2 Å². The van der Waals surface area contributed by atoms with Crippen LogP contribution in [0.1, 0.15) is 5.56 Å². The summed E-state index contributed by atoms with van der Waals surface area (Å²) in [4.78, 5) is 15.4. The number of halogens is 1. The highest BCUT2D eigenvalue weighted by Crippen LogP contribution is 2.30. The third-order valence-corrected chi connectivity index (χ3v) is 5.05. The molecular formula is C20H20BrN7O3. The van der Waals surface area contributed by atoms with Gasteiger partial charge in [0.05, 0.1) is 23.9 Å². The Bertz CT molecular complexity index is 1080. The van der Waals surface area contributed by atoms with Crippen LogP contribution < -0.4 is 15.6 Å². The van der Waals surface area contributed by atoms with Crippen LogP contribution in [0, 0.1) is 0 Å². The van der Waals surface area contributed by atoms with Gasteiger partial charge in [0.15, 0.2) is 0 Å². The predicted molar refractivity (Wildman–Crippen MR) is 121 cm³/mol. The predicted octanol–water partition coefficient (Wildman–Crippen LogP) is 3.07. The number of nitrogens with one attached hydrogen (secondary N) is 2. The van der Waals surface area contributed by atoms with E-state index in [0.717, 1.165) is 5.69 Å². The normalized spacial score (nSPS) is 14.0. The molecule has 4 N–H and O–H groups in total. The molecule has 10 nitrogen and oxygen atoms in total. The van der Waals surface area contributed by atoms with Gasteiger partial charge in [0.25, 0.3) is 0 Å². The number of hydrogen-bond acceptors (Lipinski definition) is 10. The molecule has 0 saturated carbocycles. The lowest BCUT2D eigenvalue weighted by Crippen LogP contribution is -2.37. The first-order chi connectivity index (χ1) is 15.1. The summed E-state index contributed by atoms with van der Waals surface area (Å²) < 4.78 is 5.85. The van der Waals surface area contributed by atoms with Gasteiger partial charge in [-0.2, -0.15) is 20.1 Å². The van der Waals surface area contributed by atoms with Gasteiger partial charge >= 0.3 is 0 Å². The highest BCUT2D eigenvalue weighted by molar-refractivity contribution is 9.10. The molecule has 1 aliphatic rings. The minimum atomic E-state index is -0.109. The van der Waals surface area contributed by atoms with Crippen molar-refractivity contribution in [3.8, 4) is 11.5 Å². The number of para-hydroxylation sites is 1. The Morgan fingerprint density at radius 3 is 2.52 bits per heavy atom. The highest BCUT2D eigenvalue weighted by atomic mass is 79.9. The first kappa shape index (κ1) is 20.8. The lowest BCUT2D eigenvalue weighted by molar-refractivity contribution is 0.122. The quantitative estimate of drug-likeness (QED) is 0.307. The number of phenolic OH excluding ortho intramolecular Hbond substituents is 2. The van der Waals surface area contributed by atoms with Gasteiger partial charge in [-0.3, -0.25) is 0 Å². The van der Waals surface area contributed by atoms with E-state index in [4.69, 9.17) is 4.74 Å². The van der Waals surface area contributed by atoms with Crippen LogP contribution in [0.25, 0.3) is 0 Å². The number of aromatic nitrogens is 3. The van der Waals surface area contributed by atoms with Crippen molar-refractivity contribution in [2.24, 2.45) is 5.10 Å². The second-order valence-corrected chi connectivity index (χ2v) is 7.46. The standard InChI is InChI=1S/C20H20BrN7O3/c21-15-10-13(16(29)11-17(15)30)12-22-27-19-24-18(23-14-4-2-1-3-5-14)25-20(26-19)28-6-8-31-9-7-28/h1-5,10-12,29-30H,6-9H2,(H2,23,24,25,26,27). The van der Waals surface area contributed by atoms with Gasteiger partial charge in [-0.15, -0.1) is 0 Å². The lowest BCUT2D eigenvalue weighted by atomic mass is 10.2. The van der Waals surface area contributed by atoms with E-state index >= 15 is 0 Å². The molecule has 3 aromatic rings. The molecule has 0 radical (unpaired) electrons. The molecule has 160 valence electrons. The van der Waals surface area contributed by atoms with Gasteiger partial charge in [-0.25, -0.2) is 5.43 Å². The lowest BCUT2D eigenvalue weighted by Gasteiger charge is -2.27. The summed E-state index contributed by atoms with van der Waals surface area (Å²) in [6.45, 7) is 2.55. The zero-order valence-electron chi connectivity index (χ0n) is 16.4. The molecule has 0 aliphatic carbocycles. The topological polar surface area (TPSA) is 128 Å². The van der Waals surface area contributed by atoms with E-state index < -0.39 is 0 Å². The van der Waals surface area contributed by atoms with Crippen molar-refractivity contribution in [3.63, 3.8) is 0 Å². The van der Waals surface area contributed by atoms with Gasteiger partial charge in [0.2, 0.25) is 17.8 Å². The molecule has 31 heavy (non-hydrogen) atoms. The van der Waals surface area contributed by atoms with E-state index in [1.165, 1.54) is 12.3 Å². The van der Waals surface area contributed by atoms with Crippen LogP contribution in [0.3, 0.4) is 0 Å². The first-order valence-corrected chi connectivity index (χ1v) is 10.3. The Morgan fingerprint density at radius 1 is 1.00 bits per heavy atom. The van der Waals surface area contributed by atoms with Crippen LogP contribution >= 0.6 is 15.9 Å². The molecule has 11 heteroatoms. The minimum absolute atomic E-state index is 0.0631. The smallest absolute Gasteiger partial charge is 0.250 e. The van der Waals surface area contributed by atoms with E-state index in [0.29, 0.717) is 48.2 Å². The van der Waals surface area contributed by atoms with Crippen molar-refractivity contribution in [3.05, 3.63) is 52.5 Å². The zero-order chi connectivity index (χ0) is 21.6. The van der Waals surface area contributed by atoms with E-state index in [2.05, 4.69) is 46.7 Å². The number of hydrazone groups is 1. The van der Waals surface area contributed by atoms with Gasteiger partial charge < -0.3 is 25.2 Å². The van der Waals surface area contributed by atoms with Crippen LogP contribution in [0.2, 0.25) is 0 Å². The molecule has 1 aliphatic heterocycles. The van der Waals surface area contributed by atoms with Crippen molar-refractivity contribution < 1.29 is 14.9 Å². The van der Waals surface area contributed by atoms with Crippen LogP contribution in [-0.2, 0) is 4.74 Å². The Morgan fingerprint density at radius 2 is 1.74 bits per heavy atom. The molecule has 0 bridgehead atoms. The molecule has 2 heterocycles. The zero-order valence-corrected chi connectivity index (χ0v) is 17.9. The molecule has 0 spiro atoms. The fourth-order valence-corrected chi connectivity index (χ4v) is 3.22. The monoisotopic (exact) mass is 485 g/mol. The maximum Gasteiger partial charge on any atom is 0.250 e. The SMILES string of the molecule is Oc1cc(O)c(C=NNc2nc(Nc3ccccc3)nc(N3CCOCC3)n2)cc1Br. The summed E-state index contributed by atoms with van der Waals surface area (Å²) in [5.74, 6) is 0.943. The summed E-state index contributed by atoms with van der Waals surface area (Å²) in [7, 11) is 0. The van der Waals surface area contributed by atoms with Crippen molar-refractivity contribution in [2.75, 3.05) is 41.9 Å². The molecule has 2 aromatic carbocycles. The Labute approximate surface area is 186 Å². The Kier molecular flexibility index (Phi) is 6.43. The number of rotatable bonds is 6. The number of anilines is 4. The second-order valence-electron chi connectivity index (χ2n) is 6.61. The summed E-state index contributed by atoms with van der Waals surface area (Å²) in [5.41, 5.74) is 4.03.